The molecule has 0 fully saturated rings. The SMILES string of the molecule is Cc1ccc(Oc2nc3ccccn3c2CN)cn1. The van der Waals surface area contributed by atoms with Crippen molar-refractivity contribution < 1.29 is 4.74 Å². The summed E-state index contributed by atoms with van der Waals surface area (Å²) in [7, 11) is 0. The number of rotatable bonds is 3. The van der Waals surface area contributed by atoms with Gasteiger partial charge < -0.3 is 10.5 Å². The summed E-state index contributed by atoms with van der Waals surface area (Å²) in [6.45, 7) is 2.29. The number of hydrogen-bond donors (Lipinski definition) is 1. The van der Waals surface area contributed by atoms with Crippen LogP contribution in [0.2, 0.25) is 0 Å². The predicted octanol–water partition coefficient (Wildman–Crippen LogP) is 2.29. The van der Waals surface area contributed by atoms with Crippen LogP contribution in [0.1, 0.15) is 11.4 Å². The number of nitrogens with zero attached hydrogens (tertiary/aromatic N) is 3. The van der Waals surface area contributed by atoms with E-state index in [1.165, 1.54) is 0 Å². The number of pyridine rings is 2. The molecule has 0 spiro atoms. The minimum absolute atomic E-state index is 0.361. The van der Waals surface area contributed by atoms with Crippen LogP contribution >= 0.6 is 0 Å². The normalized spacial score (nSPS) is 10.8. The van der Waals surface area contributed by atoms with Crippen molar-refractivity contribution in [2.45, 2.75) is 13.5 Å². The van der Waals surface area contributed by atoms with Crippen molar-refractivity contribution in [1.29, 1.82) is 0 Å². The third-order valence-corrected chi connectivity index (χ3v) is 2.88. The van der Waals surface area contributed by atoms with Gasteiger partial charge >= 0.3 is 0 Å². The number of hydrogen-bond acceptors (Lipinski definition) is 4. The Balaban J connectivity index is 2.02. The highest BCUT2D eigenvalue weighted by Gasteiger charge is 2.12. The van der Waals surface area contributed by atoms with E-state index in [9.17, 15) is 0 Å². The minimum atomic E-state index is 0.361. The van der Waals surface area contributed by atoms with Gasteiger partial charge in [-0.15, -0.1) is 0 Å². The van der Waals surface area contributed by atoms with Crippen LogP contribution in [-0.4, -0.2) is 14.4 Å². The molecule has 3 aromatic heterocycles. The fourth-order valence-electron chi connectivity index (χ4n) is 1.92. The molecule has 0 saturated heterocycles. The van der Waals surface area contributed by atoms with Gasteiger partial charge in [-0.1, -0.05) is 6.07 Å². The van der Waals surface area contributed by atoms with Gasteiger partial charge in [0.1, 0.15) is 17.1 Å². The lowest BCUT2D eigenvalue weighted by atomic mass is 10.4. The first-order valence-corrected chi connectivity index (χ1v) is 6.04. The number of imidazole rings is 1. The van der Waals surface area contributed by atoms with E-state index >= 15 is 0 Å². The molecule has 5 nitrogen and oxygen atoms in total. The fourth-order valence-corrected chi connectivity index (χ4v) is 1.92. The first-order valence-electron chi connectivity index (χ1n) is 6.04. The Morgan fingerprint density at radius 1 is 1.26 bits per heavy atom. The Morgan fingerprint density at radius 3 is 2.89 bits per heavy atom. The van der Waals surface area contributed by atoms with Crippen molar-refractivity contribution in [1.82, 2.24) is 14.4 Å². The molecular weight excluding hydrogens is 240 g/mol. The number of nitrogens with two attached hydrogens (primary N) is 1. The molecule has 3 rings (SSSR count). The lowest BCUT2D eigenvalue weighted by Crippen LogP contribution is -2.02. The van der Waals surface area contributed by atoms with Crippen LogP contribution in [-0.2, 0) is 6.54 Å². The van der Waals surface area contributed by atoms with Crippen molar-refractivity contribution in [2.75, 3.05) is 0 Å². The fraction of sp³-hybridized carbons (Fsp3) is 0.143. The van der Waals surface area contributed by atoms with Gasteiger partial charge in [0.25, 0.3) is 0 Å². The van der Waals surface area contributed by atoms with Crippen LogP contribution in [0.5, 0.6) is 11.6 Å². The summed E-state index contributed by atoms with van der Waals surface area (Å²) in [5, 5.41) is 0. The van der Waals surface area contributed by atoms with Crippen molar-refractivity contribution >= 4 is 5.65 Å². The Hall–Kier alpha value is -2.40. The molecule has 5 heteroatoms. The molecule has 0 aliphatic rings. The summed E-state index contributed by atoms with van der Waals surface area (Å²) < 4.78 is 7.69. The molecule has 3 heterocycles. The van der Waals surface area contributed by atoms with Crippen LogP contribution in [0.15, 0.2) is 42.7 Å². The van der Waals surface area contributed by atoms with Gasteiger partial charge in [-0.2, -0.15) is 4.98 Å². The molecule has 3 aromatic rings. The van der Waals surface area contributed by atoms with Crippen LogP contribution in [0, 0.1) is 6.92 Å². The molecule has 0 unspecified atom stereocenters. The lowest BCUT2D eigenvalue weighted by Gasteiger charge is -2.04. The van der Waals surface area contributed by atoms with E-state index < -0.39 is 0 Å². The number of aryl methyl sites for hydroxylation is 1. The third kappa shape index (κ3) is 2.15. The second-order valence-corrected chi connectivity index (χ2v) is 4.23. The largest absolute Gasteiger partial charge is 0.436 e. The van der Waals surface area contributed by atoms with Crippen LogP contribution in [0.25, 0.3) is 5.65 Å². The topological polar surface area (TPSA) is 65.4 Å². The molecule has 0 bridgehead atoms. The number of fused-ring (bicyclic) bond motifs is 1. The van der Waals surface area contributed by atoms with Gasteiger partial charge in [0, 0.05) is 18.4 Å². The number of aromatic nitrogens is 3. The quantitative estimate of drug-likeness (QED) is 0.778. The van der Waals surface area contributed by atoms with Crippen molar-refractivity contribution in [2.24, 2.45) is 5.73 Å². The van der Waals surface area contributed by atoms with Crippen LogP contribution in [0.4, 0.5) is 0 Å². The summed E-state index contributed by atoms with van der Waals surface area (Å²) in [5.41, 5.74) is 8.39. The lowest BCUT2D eigenvalue weighted by molar-refractivity contribution is 0.457. The summed E-state index contributed by atoms with van der Waals surface area (Å²) in [5.74, 6) is 1.18. The third-order valence-electron chi connectivity index (χ3n) is 2.88. The average molecular weight is 254 g/mol. The van der Waals surface area contributed by atoms with Gasteiger partial charge in [0.15, 0.2) is 0 Å². The smallest absolute Gasteiger partial charge is 0.242 e. The van der Waals surface area contributed by atoms with Crippen LogP contribution < -0.4 is 10.5 Å². The van der Waals surface area contributed by atoms with E-state index in [-0.39, 0.29) is 0 Å². The Labute approximate surface area is 110 Å². The first kappa shape index (κ1) is 11.7. The van der Waals surface area contributed by atoms with E-state index in [1.807, 2.05) is 47.9 Å². The molecular formula is C14H14N4O. The number of ether oxygens (including phenoxy) is 1. The summed E-state index contributed by atoms with van der Waals surface area (Å²) in [6.07, 6.45) is 3.60. The molecule has 0 atom stereocenters. The Bertz CT molecular complexity index is 703. The maximum absolute atomic E-state index is 5.78. The van der Waals surface area contributed by atoms with E-state index in [4.69, 9.17) is 10.5 Å². The summed E-state index contributed by atoms with van der Waals surface area (Å²) in [6, 6.07) is 9.55. The molecule has 0 aromatic carbocycles. The molecule has 0 radical (unpaired) electrons. The van der Waals surface area contributed by atoms with Gasteiger partial charge in [0.05, 0.1) is 6.20 Å². The zero-order valence-electron chi connectivity index (χ0n) is 10.6. The monoisotopic (exact) mass is 254 g/mol. The van der Waals surface area contributed by atoms with Gasteiger partial charge in [-0.25, -0.2) is 0 Å². The molecule has 0 saturated carbocycles. The van der Waals surface area contributed by atoms with Crippen LogP contribution in [0.3, 0.4) is 0 Å². The Morgan fingerprint density at radius 2 is 2.16 bits per heavy atom. The highest BCUT2D eigenvalue weighted by molar-refractivity contribution is 5.46. The van der Waals surface area contributed by atoms with E-state index in [0.717, 1.165) is 17.0 Å². The van der Waals surface area contributed by atoms with Gasteiger partial charge in [0.2, 0.25) is 5.88 Å². The van der Waals surface area contributed by atoms with E-state index in [2.05, 4.69) is 9.97 Å². The molecule has 0 amide bonds. The van der Waals surface area contributed by atoms with Crippen molar-refractivity contribution in [3.63, 3.8) is 0 Å². The minimum Gasteiger partial charge on any atom is -0.436 e. The second-order valence-electron chi connectivity index (χ2n) is 4.23. The second kappa shape index (κ2) is 4.70. The van der Waals surface area contributed by atoms with E-state index in [0.29, 0.717) is 18.2 Å². The van der Waals surface area contributed by atoms with E-state index in [1.54, 1.807) is 6.20 Å². The average Bonchev–Trinajstić information content (AvgIpc) is 2.78. The molecule has 0 aliphatic carbocycles. The predicted molar refractivity (Wildman–Crippen MR) is 72.1 cm³/mol. The van der Waals surface area contributed by atoms with Gasteiger partial charge in [-0.3, -0.25) is 9.38 Å². The molecule has 0 aliphatic heterocycles. The molecule has 19 heavy (non-hydrogen) atoms. The summed E-state index contributed by atoms with van der Waals surface area (Å²) >= 11 is 0. The molecule has 2 N–H and O–H groups in total. The zero-order chi connectivity index (χ0) is 13.2. The standard InChI is InChI=1S/C14H14N4O/c1-10-5-6-11(9-16-10)19-14-12(8-15)18-7-3-2-4-13(18)17-14/h2-7,9H,8,15H2,1H3. The van der Waals surface area contributed by atoms with Crippen molar-refractivity contribution in [3.8, 4) is 11.6 Å². The highest BCUT2D eigenvalue weighted by atomic mass is 16.5. The first-order chi connectivity index (χ1) is 9.28. The highest BCUT2D eigenvalue weighted by Crippen LogP contribution is 2.25. The van der Waals surface area contributed by atoms with Gasteiger partial charge in [-0.05, 0) is 31.2 Å². The maximum Gasteiger partial charge on any atom is 0.242 e. The maximum atomic E-state index is 5.78. The zero-order valence-corrected chi connectivity index (χ0v) is 10.6. The Kier molecular flexibility index (Phi) is 2.89. The summed E-state index contributed by atoms with van der Waals surface area (Å²) in [4.78, 5) is 8.63. The molecule has 96 valence electrons. The van der Waals surface area contributed by atoms with Crippen molar-refractivity contribution in [3.05, 3.63) is 54.1 Å².